The van der Waals surface area contributed by atoms with E-state index >= 15 is 0 Å². The molecule has 1 heterocycles. The first kappa shape index (κ1) is 49.0. The summed E-state index contributed by atoms with van der Waals surface area (Å²) in [5.74, 6) is -6.85. The number of benzene rings is 3. The van der Waals surface area contributed by atoms with E-state index in [1.165, 1.54) is 4.90 Å². The van der Waals surface area contributed by atoms with Gasteiger partial charge in [-0.15, -0.1) is 0 Å². The molecule has 0 radical (unpaired) electrons. The molecule has 330 valence electrons. The lowest BCUT2D eigenvalue weighted by atomic mass is 9.84. The lowest BCUT2D eigenvalue weighted by Gasteiger charge is -2.40. The number of carboxylic acids is 2. The molecule has 0 aliphatic rings. The Morgan fingerprint density at radius 2 is 1.54 bits per heavy atom. The van der Waals surface area contributed by atoms with E-state index < -0.39 is 77.6 Å². The highest BCUT2D eigenvalue weighted by atomic mass is 19.4. The first-order valence-corrected chi connectivity index (χ1v) is 18.7. The molecule has 0 spiro atoms. The highest BCUT2D eigenvalue weighted by molar-refractivity contribution is 5.85. The quantitative estimate of drug-likeness (QED) is 0.0590. The minimum absolute atomic E-state index is 0.0344. The Morgan fingerprint density at radius 1 is 0.918 bits per heavy atom. The number of nitrogens with zero attached hydrogens (tertiary/aromatic N) is 3. The van der Waals surface area contributed by atoms with Crippen molar-refractivity contribution in [2.24, 2.45) is 11.1 Å². The Labute approximate surface area is 347 Å². The molecule has 0 bridgehead atoms. The lowest BCUT2D eigenvalue weighted by Crippen LogP contribution is -2.48. The zero-order valence-corrected chi connectivity index (χ0v) is 33.5. The van der Waals surface area contributed by atoms with Gasteiger partial charge >= 0.3 is 18.1 Å². The van der Waals surface area contributed by atoms with Crippen LogP contribution in [0.2, 0.25) is 0 Å². The van der Waals surface area contributed by atoms with E-state index in [-0.39, 0.29) is 50.2 Å². The number of hydrogen-bond acceptors (Lipinski definition) is 9. The average molecular weight is 862 g/mol. The summed E-state index contributed by atoms with van der Waals surface area (Å²) in [6.07, 6.45) is -3.73. The summed E-state index contributed by atoms with van der Waals surface area (Å²) < 4.78 is 62.7. The minimum Gasteiger partial charge on any atom is -0.480 e. The Balaban J connectivity index is 0.00000130. The number of anilines is 1. The molecule has 0 unspecified atom stereocenters. The van der Waals surface area contributed by atoms with Gasteiger partial charge in [-0.1, -0.05) is 63.2 Å². The summed E-state index contributed by atoms with van der Waals surface area (Å²) in [5.41, 5.74) is 13.3. The van der Waals surface area contributed by atoms with Gasteiger partial charge in [0.05, 0.1) is 17.8 Å². The van der Waals surface area contributed by atoms with E-state index in [0.717, 1.165) is 23.8 Å². The third-order valence-electron chi connectivity index (χ3n) is 9.00. The van der Waals surface area contributed by atoms with Crippen molar-refractivity contribution < 1.29 is 61.2 Å². The zero-order valence-electron chi connectivity index (χ0n) is 33.5. The monoisotopic (exact) mass is 861 g/mol. The molecule has 3 amide bonds. The van der Waals surface area contributed by atoms with E-state index in [1.807, 2.05) is 51.1 Å². The van der Waals surface area contributed by atoms with Crippen LogP contribution in [0.1, 0.15) is 56.6 Å². The molecule has 0 saturated carbocycles. The molecule has 20 heteroatoms. The van der Waals surface area contributed by atoms with E-state index in [2.05, 4.69) is 10.6 Å². The maximum atomic E-state index is 15.0. The highest BCUT2D eigenvalue weighted by Crippen LogP contribution is 2.39. The molecular weight excluding hydrogens is 813 g/mol. The van der Waals surface area contributed by atoms with Crippen molar-refractivity contribution in [2.75, 3.05) is 25.4 Å². The third-order valence-corrected chi connectivity index (χ3v) is 9.00. The van der Waals surface area contributed by atoms with Gasteiger partial charge in [-0.05, 0) is 53.3 Å². The van der Waals surface area contributed by atoms with Gasteiger partial charge < -0.3 is 46.9 Å². The number of nitrogens with two attached hydrogens (primary N) is 2. The summed E-state index contributed by atoms with van der Waals surface area (Å²) in [4.78, 5) is 65.7. The van der Waals surface area contributed by atoms with Gasteiger partial charge in [0, 0.05) is 49.9 Å². The molecule has 0 fully saturated rings. The summed E-state index contributed by atoms with van der Waals surface area (Å²) in [5, 5.41) is 31.8. The smallest absolute Gasteiger partial charge is 0.480 e. The number of rotatable bonds is 17. The van der Waals surface area contributed by atoms with Crippen LogP contribution in [-0.2, 0) is 36.9 Å². The molecule has 0 aliphatic carbocycles. The first-order chi connectivity index (χ1) is 28.5. The zero-order chi connectivity index (χ0) is 45.7. The number of hydrogen-bond donors (Lipinski definition) is 7. The van der Waals surface area contributed by atoms with E-state index in [1.54, 1.807) is 35.0 Å². The van der Waals surface area contributed by atoms with Crippen molar-refractivity contribution in [3.05, 3.63) is 108 Å². The molecule has 0 saturated heterocycles. The molecule has 4 aromatic rings. The molecule has 3 atom stereocenters. The number of nitrogen functional groups attached to an aromatic ring is 1. The third kappa shape index (κ3) is 15.0. The maximum Gasteiger partial charge on any atom is 0.490 e. The van der Waals surface area contributed by atoms with Crippen LogP contribution in [0, 0.1) is 17.0 Å². The number of alkyl halides is 3. The molecule has 61 heavy (non-hydrogen) atoms. The number of amides is 3. The van der Waals surface area contributed by atoms with Crippen LogP contribution >= 0.6 is 0 Å². The number of halogens is 5. The summed E-state index contributed by atoms with van der Waals surface area (Å²) >= 11 is 0. The maximum absolute atomic E-state index is 15.0. The van der Waals surface area contributed by atoms with Crippen LogP contribution in [0.15, 0.2) is 79.0 Å². The van der Waals surface area contributed by atoms with Gasteiger partial charge in [0.2, 0.25) is 17.7 Å². The highest BCUT2D eigenvalue weighted by Gasteiger charge is 2.39. The van der Waals surface area contributed by atoms with Crippen LogP contribution in [0.3, 0.4) is 0 Å². The first-order valence-electron chi connectivity index (χ1n) is 18.7. The largest absolute Gasteiger partial charge is 0.490 e. The van der Waals surface area contributed by atoms with Crippen molar-refractivity contribution in [1.82, 2.24) is 25.1 Å². The number of aliphatic hydroxyl groups excluding tert-OH is 1. The average Bonchev–Trinajstić information content (AvgIpc) is 3.59. The normalized spacial score (nSPS) is 12.9. The molecule has 1 aromatic heterocycles. The number of aliphatic carboxylic acids is 2. The Bertz CT molecular complexity index is 2130. The SMILES string of the molecule is CC(C)(C)[C@H](c1nc(-c2cc(F)ccc2F)cn1Cc1ccccc1)N(CC[C@H](N)C(=O)NCCC(=O)N[C@@H](Cc1ccc(N)cc1)C(=O)O)C(=O)CO.O=C(O)C(F)(F)F. The second-order valence-electron chi connectivity index (χ2n) is 14.9. The fourth-order valence-electron chi connectivity index (χ4n) is 6.06. The van der Waals surface area contributed by atoms with Crippen LogP contribution < -0.4 is 22.1 Å². The molecular formula is C41H48F5N7O8. The topological polar surface area (TPSA) is 243 Å². The summed E-state index contributed by atoms with van der Waals surface area (Å²) in [6, 6.07) is 15.9. The predicted molar refractivity (Wildman–Crippen MR) is 212 cm³/mol. The minimum atomic E-state index is -5.08. The number of carboxylic acid groups (broad SMARTS) is 2. The van der Waals surface area contributed by atoms with E-state index in [0.29, 0.717) is 17.1 Å². The van der Waals surface area contributed by atoms with Crippen LogP contribution in [0.5, 0.6) is 0 Å². The van der Waals surface area contributed by atoms with Gasteiger partial charge in [0.25, 0.3) is 0 Å². The van der Waals surface area contributed by atoms with Gasteiger partial charge in [0.15, 0.2) is 0 Å². The Morgan fingerprint density at radius 3 is 2.10 bits per heavy atom. The number of aliphatic hydroxyl groups is 1. The van der Waals surface area contributed by atoms with Crippen molar-refractivity contribution in [3.8, 4) is 11.3 Å². The van der Waals surface area contributed by atoms with Crippen molar-refractivity contribution in [3.63, 3.8) is 0 Å². The number of carbonyl (C=O) groups excluding carboxylic acids is 3. The standard InChI is InChI=1S/C39H47F2N7O6.C2HF3O2/c1-39(2,3)35(36-46-32(28-20-26(40)11-14-29(28)41)22-47(36)21-25-7-5-4-6-8-25)48(34(51)23-49)18-16-30(43)37(52)44-17-15-33(50)45-31(38(53)54)19-24-9-12-27(42)13-10-24;3-2(4,5)1(6)7/h4-14,20,22,30-31,35,49H,15-19,21,23,42-43H2,1-3H3,(H,44,52)(H,45,50)(H,53,54);(H,6,7)/t30-,31-,35-;/m0./s1. The fraction of sp³-hybridized carbons (Fsp3) is 0.366. The van der Waals surface area contributed by atoms with E-state index in [4.69, 9.17) is 26.4 Å². The molecule has 3 aromatic carbocycles. The van der Waals surface area contributed by atoms with Crippen molar-refractivity contribution >= 4 is 35.3 Å². The fourth-order valence-corrected chi connectivity index (χ4v) is 6.06. The van der Waals surface area contributed by atoms with Crippen LogP contribution in [-0.4, -0.2) is 97.4 Å². The van der Waals surface area contributed by atoms with Crippen molar-refractivity contribution in [1.29, 1.82) is 0 Å². The Kier molecular flexibility index (Phi) is 17.4. The van der Waals surface area contributed by atoms with Gasteiger partial charge in [0.1, 0.15) is 30.1 Å². The predicted octanol–water partition coefficient (Wildman–Crippen LogP) is 4.04. The summed E-state index contributed by atoms with van der Waals surface area (Å²) in [6.45, 7) is 4.78. The van der Waals surface area contributed by atoms with Crippen molar-refractivity contribution in [2.45, 2.75) is 70.9 Å². The number of nitrogens with one attached hydrogen (secondary N) is 2. The number of aromatic nitrogens is 2. The second kappa shape index (κ2) is 21.7. The Hall–Kier alpha value is -6.41. The molecule has 15 nitrogen and oxygen atoms in total. The van der Waals surface area contributed by atoms with Crippen LogP contribution in [0.4, 0.5) is 27.6 Å². The molecule has 4 rings (SSSR count). The van der Waals surface area contributed by atoms with E-state index in [9.17, 15) is 51.3 Å². The molecule has 9 N–H and O–H groups in total. The number of carbonyl (C=O) groups is 5. The van der Waals surface area contributed by atoms with Gasteiger partial charge in [-0.2, -0.15) is 13.2 Å². The summed E-state index contributed by atoms with van der Waals surface area (Å²) in [7, 11) is 0. The van der Waals surface area contributed by atoms with Gasteiger partial charge in [-0.25, -0.2) is 23.4 Å². The van der Waals surface area contributed by atoms with Crippen LogP contribution in [0.25, 0.3) is 11.3 Å². The number of imidazole rings is 1. The molecule has 0 aliphatic heterocycles. The van der Waals surface area contributed by atoms with Gasteiger partial charge in [-0.3, -0.25) is 14.4 Å². The lowest BCUT2D eigenvalue weighted by molar-refractivity contribution is -0.192. The second-order valence-corrected chi connectivity index (χ2v) is 14.9.